The van der Waals surface area contributed by atoms with E-state index in [2.05, 4.69) is 42.6 Å². The lowest BCUT2D eigenvalue weighted by atomic mass is 9.91. The third kappa shape index (κ3) is 4.96. The Kier molecular flexibility index (Phi) is 6.38. The average molecular weight is 261 g/mol. The van der Waals surface area contributed by atoms with Crippen molar-refractivity contribution in [2.45, 2.75) is 39.2 Å². The molecule has 1 saturated carbocycles. The lowest BCUT2D eigenvalue weighted by Crippen LogP contribution is -2.30. The molecular formula is C17H27NO. The van der Waals surface area contributed by atoms with E-state index in [0.29, 0.717) is 5.92 Å². The minimum absolute atomic E-state index is 0.686. The van der Waals surface area contributed by atoms with E-state index in [4.69, 9.17) is 4.74 Å². The largest absolute Gasteiger partial charge is 0.376 e. The van der Waals surface area contributed by atoms with Crippen LogP contribution in [0, 0.1) is 11.8 Å². The van der Waals surface area contributed by atoms with Gasteiger partial charge in [-0.15, -0.1) is 0 Å². The van der Waals surface area contributed by atoms with E-state index in [9.17, 15) is 0 Å². The van der Waals surface area contributed by atoms with E-state index in [0.717, 1.165) is 32.2 Å². The molecule has 1 N–H and O–H groups in total. The second-order valence-electron chi connectivity index (χ2n) is 5.61. The molecule has 1 aliphatic rings. The molecular weight excluding hydrogens is 234 g/mol. The molecule has 2 heteroatoms. The molecule has 0 aliphatic heterocycles. The normalized spacial score (nSPS) is 17.7. The Morgan fingerprint density at radius 2 is 1.95 bits per heavy atom. The minimum atomic E-state index is 0.686. The second kappa shape index (κ2) is 8.34. The number of hydrogen-bond donors (Lipinski definition) is 1. The van der Waals surface area contributed by atoms with Gasteiger partial charge in [-0.3, -0.25) is 0 Å². The molecule has 0 spiro atoms. The minimum Gasteiger partial charge on any atom is -0.376 e. The van der Waals surface area contributed by atoms with Crippen molar-refractivity contribution >= 4 is 0 Å². The van der Waals surface area contributed by atoms with Gasteiger partial charge < -0.3 is 10.1 Å². The highest BCUT2D eigenvalue weighted by Gasteiger charge is 2.24. The zero-order valence-electron chi connectivity index (χ0n) is 12.1. The van der Waals surface area contributed by atoms with Gasteiger partial charge in [0.25, 0.3) is 0 Å². The Morgan fingerprint density at radius 3 is 2.63 bits per heavy atom. The van der Waals surface area contributed by atoms with Crippen molar-refractivity contribution in [3.05, 3.63) is 35.9 Å². The number of rotatable bonds is 8. The molecule has 1 unspecified atom stereocenters. The molecule has 1 aromatic rings. The molecule has 1 aliphatic carbocycles. The molecule has 2 rings (SSSR count). The van der Waals surface area contributed by atoms with E-state index in [1.807, 2.05) is 0 Å². The van der Waals surface area contributed by atoms with Crippen molar-refractivity contribution in [1.82, 2.24) is 5.32 Å². The predicted molar refractivity (Wildman–Crippen MR) is 80.1 cm³/mol. The summed E-state index contributed by atoms with van der Waals surface area (Å²) in [6.07, 6.45) is 5.60. The maximum atomic E-state index is 5.95. The molecule has 1 atom stereocenters. The van der Waals surface area contributed by atoms with Crippen LogP contribution in [0.2, 0.25) is 0 Å². The van der Waals surface area contributed by atoms with Crippen LogP contribution in [-0.2, 0) is 11.3 Å². The maximum Gasteiger partial charge on any atom is 0.0717 e. The summed E-state index contributed by atoms with van der Waals surface area (Å²) in [5.41, 5.74) is 1.27. The van der Waals surface area contributed by atoms with Crippen molar-refractivity contribution in [2.75, 3.05) is 19.7 Å². The first-order chi connectivity index (χ1) is 9.40. The quantitative estimate of drug-likeness (QED) is 0.771. The number of nitrogens with one attached hydrogen (secondary N) is 1. The highest BCUT2D eigenvalue weighted by Crippen LogP contribution is 2.31. The van der Waals surface area contributed by atoms with Crippen LogP contribution in [0.5, 0.6) is 0 Å². The first-order valence-electron chi connectivity index (χ1n) is 7.72. The van der Waals surface area contributed by atoms with Gasteiger partial charge in [0.15, 0.2) is 0 Å². The van der Waals surface area contributed by atoms with Crippen molar-refractivity contribution < 1.29 is 4.74 Å². The maximum absolute atomic E-state index is 5.95. The van der Waals surface area contributed by atoms with Crippen molar-refractivity contribution in [3.8, 4) is 0 Å². The lowest BCUT2D eigenvalue weighted by molar-refractivity contribution is 0.0663. The summed E-state index contributed by atoms with van der Waals surface area (Å²) in [6, 6.07) is 10.5. The summed E-state index contributed by atoms with van der Waals surface area (Å²) >= 11 is 0. The fraction of sp³-hybridized carbons (Fsp3) is 0.647. The van der Waals surface area contributed by atoms with Crippen LogP contribution < -0.4 is 5.32 Å². The van der Waals surface area contributed by atoms with Crippen LogP contribution in [0.25, 0.3) is 0 Å². The molecule has 0 saturated heterocycles. The molecule has 2 nitrogen and oxygen atoms in total. The van der Waals surface area contributed by atoms with Crippen LogP contribution in [0.1, 0.15) is 38.2 Å². The van der Waals surface area contributed by atoms with Crippen LogP contribution in [0.4, 0.5) is 0 Å². The molecule has 19 heavy (non-hydrogen) atoms. The SMILES string of the molecule is CCNCC(COCc1ccccc1)C1CCCC1. The van der Waals surface area contributed by atoms with Gasteiger partial charge in [-0.2, -0.15) is 0 Å². The molecule has 0 aromatic heterocycles. The fourth-order valence-corrected chi connectivity index (χ4v) is 3.02. The standard InChI is InChI=1S/C17H27NO/c1-2-18-12-17(16-10-6-7-11-16)14-19-13-15-8-4-3-5-9-15/h3-5,8-9,16-18H,2,6-7,10-14H2,1H3. The Balaban J connectivity index is 1.75. The second-order valence-corrected chi connectivity index (χ2v) is 5.61. The summed E-state index contributed by atoms with van der Waals surface area (Å²) < 4.78 is 5.95. The summed E-state index contributed by atoms with van der Waals surface area (Å²) in [5.74, 6) is 1.56. The summed E-state index contributed by atoms with van der Waals surface area (Å²) in [6.45, 7) is 5.98. The van der Waals surface area contributed by atoms with Crippen LogP contribution >= 0.6 is 0 Å². The zero-order chi connectivity index (χ0) is 13.3. The van der Waals surface area contributed by atoms with Crippen LogP contribution in [0.3, 0.4) is 0 Å². The van der Waals surface area contributed by atoms with Gasteiger partial charge in [0.05, 0.1) is 13.2 Å². The van der Waals surface area contributed by atoms with Crippen molar-refractivity contribution in [2.24, 2.45) is 11.8 Å². The Labute approximate surface area is 117 Å². The zero-order valence-corrected chi connectivity index (χ0v) is 12.1. The van der Waals surface area contributed by atoms with Gasteiger partial charge in [-0.1, -0.05) is 62.9 Å². The predicted octanol–water partition coefficient (Wildman–Crippen LogP) is 3.62. The van der Waals surface area contributed by atoms with Gasteiger partial charge in [-0.05, 0) is 23.9 Å². The Hall–Kier alpha value is -0.860. The summed E-state index contributed by atoms with van der Waals surface area (Å²) in [4.78, 5) is 0. The molecule has 0 amide bonds. The van der Waals surface area contributed by atoms with Crippen LogP contribution in [-0.4, -0.2) is 19.7 Å². The molecule has 0 bridgehead atoms. The molecule has 0 radical (unpaired) electrons. The smallest absolute Gasteiger partial charge is 0.0717 e. The average Bonchev–Trinajstić information content (AvgIpc) is 2.98. The molecule has 1 fully saturated rings. The van der Waals surface area contributed by atoms with Gasteiger partial charge in [0.2, 0.25) is 0 Å². The monoisotopic (exact) mass is 261 g/mol. The number of benzene rings is 1. The Bertz CT molecular complexity index is 332. The summed E-state index contributed by atoms with van der Waals surface area (Å²) in [5, 5.41) is 3.49. The van der Waals surface area contributed by atoms with Gasteiger partial charge >= 0.3 is 0 Å². The molecule has 106 valence electrons. The van der Waals surface area contributed by atoms with Gasteiger partial charge in [0, 0.05) is 6.54 Å². The first kappa shape index (κ1) is 14.5. The molecule has 1 aromatic carbocycles. The topological polar surface area (TPSA) is 21.3 Å². The Morgan fingerprint density at radius 1 is 1.21 bits per heavy atom. The lowest BCUT2D eigenvalue weighted by Gasteiger charge is -2.23. The highest BCUT2D eigenvalue weighted by atomic mass is 16.5. The van der Waals surface area contributed by atoms with Crippen molar-refractivity contribution in [3.63, 3.8) is 0 Å². The molecule has 0 heterocycles. The van der Waals surface area contributed by atoms with Crippen molar-refractivity contribution in [1.29, 1.82) is 0 Å². The third-order valence-corrected chi connectivity index (χ3v) is 4.17. The highest BCUT2D eigenvalue weighted by molar-refractivity contribution is 5.13. The van der Waals surface area contributed by atoms with E-state index in [1.165, 1.54) is 31.2 Å². The van der Waals surface area contributed by atoms with E-state index in [-0.39, 0.29) is 0 Å². The first-order valence-corrected chi connectivity index (χ1v) is 7.72. The van der Waals surface area contributed by atoms with Gasteiger partial charge in [-0.25, -0.2) is 0 Å². The number of ether oxygens (including phenoxy) is 1. The summed E-state index contributed by atoms with van der Waals surface area (Å²) in [7, 11) is 0. The fourth-order valence-electron chi connectivity index (χ4n) is 3.02. The third-order valence-electron chi connectivity index (χ3n) is 4.17. The van der Waals surface area contributed by atoms with E-state index in [1.54, 1.807) is 0 Å². The van der Waals surface area contributed by atoms with E-state index >= 15 is 0 Å². The number of hydrogen-bond acceptors (Lipinski definition) is 2. The van der Waals surface area contributed by atoms with Gasteiger partial charge in [0.1, 0.15) is 0 Å². The van der Waals surface area contributed by atoms with E-state index < -0.39 is 0 Å². The van der Waals surface area contributed by atoms with Crippen LogP contribution in [0.15, 0.2) is 30.3 Å².